The van der Waals surface area contributed by atoms with Crippen LogP contribution < -0.4 is 10.1 Å². The van der Waals surface area contributed by atoms with E-state index in [-0.39, 0.29) is 18.4 Å². The Morgan fingerprint density at radius 2 is 1.96 bits per heavy atom. The molecule has 0 bridgehead atoms. The van der Waals surface area contributed by atoms with Crippen molar-refractivity contribution in [1.82, 2.24) is 15.0 Å². The van der Waals surface area contributed by atoms with E-state index in [0.717, 1.165) is 16.7 Å². The summed E-state index contributed by atoms with van der Waals surface area (Å²) in [5, 5.41) is 4.81. The standard InChI is InChI=1S/C16H15ClN4O.ClH/c1-11(9-22-16-13(17)6-4-8-18-16)21-15-12-5-2-3-7-14(12)19-10-20-15;/h2-8,10-11H,9H2,1H3,(H,19,20,21);1H/t11-;/m0./s1. The molecule has 5 nitrogen and oxygen atoms in total. The number of ether oxygens (including phenoxy) is 1. The Labute approximate surface area is 145 Å². The lowest BCUT2D eigenvalue weighted by atomic mass is 10.2. The van der Waals surface area contributed by atoms with Crippen LogP contribution in [0.25, 0.3) is 10.9 Å². The molecule has 3 rings (SSSR count). The highest BCUT2D eigenvalue weighted by atomic mass is 35.5. The van der Waals surface area contributed by atoms with E-state index in [1.54, 1.807) is 24.7 Å². The first-order chi connectivity index (χ1) is 10.7. The zero-order valence-electron chi connectivity index (χ0n) is 12.4. The van der Waals surface area contributed by atoms with Gasteiger partial charge in [-0.3, -0.25) is 0 Å². The topological polar surface area (TPSA) is 59.9 Å². The van der Waals surface area contributed by atoms with Gasteiger partial charge in [0.25, 0.3) is 0 Å². The van der Waals surface area contributed by atoms with Gasteiger partial charge in [-0.25, -0.2) is 15.0 Å². The van der Waals surface area contributed by atoms with Crippen LogP contribution in [0.3, 0.4) is 0 Å². The van der Waals surface area contributed by atoms with Crippen molar-refractivity contribution in [3.05, 3.63) is 53.9 Å². The van der Waals surface area contributed by atoms with Crippen LogP contribution in [0.4, 0.5) is 5.82 Å². The molecule has 0 aliphatic rings. The minimum Gasteiger partial charge on any atom is -0.474 e. The number of aromatic nitrogens is 3. The van der Waals surface area contributed by atoms with Gasteiger partial charge in [0.05, 0.1) is 11.6 Å². The molecule has 1 atom stereocenters. The second-order valence-electron chi connectivity index (χ2n) is 4.89. The second kappa shape index (κ2) is 7.94. The number of fused-ring (bicyclic) bond motifs is 1. The number of nitrogens with one attached hydrogen (secondary N) is 1. The summed E-state index contributed by atoms with van der Waals surface area (Å²) >= 11 is 6.02. The van der Waals surface area contributed by atoms with Gasteiger partial charge in [0, 0.05) is 11.6 Å². The van der Waals surface area contributed by atoms with E-state index >= 15 is 0 Å². The van der Waals surface area contributed by atoms with Gasteiger partial charge in [0.15, 0.2) is 0 Å². The Balaban J connectivity index is 0.00000192. The van der Waals surface area contributed by atoms with E-state index in [1.807, 2.05) is 31.2 Å². The van der Waals surface area contributed by atoms with Crippen LogP contribution in [0.15, 0.2) is 48.9 Å². The highest BCUT2D eigenvalue weighted by Crippen LogP contribution is 2.21. The molecule has 1 N–H and O–H groups in total. The minimum atomic E-state index is 0. The van der Waals surface area contributed by atoms with Crippen molar-refractivity contribution in [3.63, 3.8) is 0 Å². The Morgan fingerprint density at radius 1 is 1.13 bits per heavy atom. The summed E-state index contributed by atoms with van der Waals surface area (Å²) in [6.07, 6.45) is 3.20. The molecule has 0 radical (unpaired) electrons. The van der Waals surface area contributed by atoms with Crippen molar-refractivity contribution in [2.45, 2.75) is 13.0 Å². The third-order valence-corrected chi connectivity index (χ3v) is 3.41. The highest BCUT2D eigenvalue weighted by molar-refractivity contribution is 6.31. The van der Waals surface area contributed by atoms with Crippen molar-refractivity contribution in [2.24, 2.45) is 0 Å². The fraction of sp³-hybridized carbons (Fsp3) is 0.188. The lowest BCUT2D eigenvalue weighted by molar-refractivity contribution is 0.292. The van der Waals surface area contributed by atoms with Gasteiger partial charge in [-0.05, 0) is 31.2 Å². The molecule has 0 fully saturated rings. The van der Waals surface area contributed by atoms with E-state index in [2.05, 4.69) is 20.3 Å². The molecular formula is C16H16Cl2N4O. The molecule has 7 heteroatoms. The van der Waals surface area contributed by atoms with Gasteiger partial charge in [0.1, 0.15) is 23.8 Å². The summed E-state index contributed by atoms with van der Waals surface area (Å²) in [5.74, 6) is 1.22. The fourth-order valence-corrected chi connectivity index (χ4v) is 2.25. The van der Waals surface area contributed by atoms with Gasteiger partial charge in [-0.2, -0.15) is 0 Å². The zero-order chi connectivity index (χ0) is 15.4. The average molecular weight is 351 g/mol. The molecule has 0 amide bonds. The van der Waals surface area contributed by atoms with Crippen LogP contribution in [0.5, 0.6) is 5.88 Å². The van der Waals surface area contributed by atoms with Gasteiger partial charge >= 0.3 is 0 Å². The average Bonchev–Trinajstić information content (AvgIpc) is 2.54. The quantitative estimate of drug-likeness (QED) is 0.753. The van der Waals surface area contributed by atoms with Gasteiger partial charge in [0.2, 0.25) is 5.88 Å². The Bertz CT molecular complexity index is 779. The highest BCUT2D eigenvalue weighted by Gasteiger charge is 2.09. The third kappa shape index (κ3) is 4.21. The van der Waals surface area contributed by atoms with E-state index < -0.39 is 0 Å². The molecule has 2 heterocycles. The van der Waals surface area contributed by atoms with Crippen LogP contribution in [0.2, 0.25) is 5.02 Å². The van der Waals surface area contributed by atoms with Crippen molar-refractivity contribution in [1.29, 1.82) is 0 Å². The lowest BCUT2D eigenvalue weighted by Gasteiger charge is -2.16. The number of benzene rings is 1. The molecule has 2 aromatic heterocycles. The summed E-state index contributed by atoms with van der Waals surface area (Å²) < 4.78 is 5.63. The van der Waals surface area contributed by atoms with Crippen LogP contribution in [0.1, 0.15) is 6.92 Å². The van der Waals surface area contributed by atoms with E-state index in [4.69, 9.17) is 16.3 Å². The molecule has 3 aromatic rings. The van der Waals surface area contributed by atoms with Crippen LogP contribution in [-0.2, 0) is 0 Å². The molecule has 120 valence electrons. The Kier molecular flexibility index (Phi) is 5.96. The number of nitrogens with zero attached hydrogens (tertiary/aromatic N) is 3. The number of hydrogen-bond donors (Lipinski definition) is 1. The van der Waals surface area contributed by atoms with Crippen LogP contribution >= 0.6 is 24.0 Å². The minimum absolute atomic E-state index is 0. The summed E-state index contributed by atoms with van der Waals surface area (Å²) in [5.41, 5.74) is 0.904. The molecule has 1 aromatic carbocycles. The maximum absolute atomic E-state index is 6.02. The maximum atomic E-state index is 6.02. The van der Waals surface area contributed by atoms with Gasteiger partial charge in [-0.1, -0.05) is 23.7 Å². The Morgan fingerprint density at radius 3 is 2.78 bits per heavy atom. The molecular weight excluding hydrogens is 335 g/mol. The number of para-hydroxylation sites is 1. The van der Waals surface area contributed by atoms with Crippen LogP contribution in [0, 0.1) is 0 Å². The second-order valence-corrected chi connectivity index (χ2v) is 5.29. The summed E-state index contributed by atoms with van der Waals surface area (Å²) in [6.45, 7) is 2.43. The third-order valence-electron chi connectivity index (χ3n) is 3.12. The number of halogens is 2. The number of pyridine rings is 1. The number of rotatable bonds is 5. The number of anilines is 1. The smallest absolute Gasteiger partial charge is 0.232 e. The normalized spacial score (nSPS) is 11.6. The van der Waals surface area contributed by atoms with E-state index in [0.29, 0.717) is 17.5 Å². The van der Waals surface area contributed by atoms with Crippen molar-refractivity contribution < 1.29 is 4.74 Å². The molecule has 0 saturated heterocycles. The van der Waals surface area contributed by atoms with Crippen molar-refractivity contribution in [3.8, 4) is 5.88 Å². The first-order valence-corrected chi connectivity index (χ1v) is 7.31. The predicted molar refractivity (Wildman–Crippen MR) is 94.6 cm³/mol. The molecule has 0 aliphatic heterocycles. The molecule has 0 aliphatic carbocycles. The first kappa shape index (κ1) is 17.2. The predicted octanol–water partition coefficient (Wildman–Crippen LogP) is 3.98. The molecule has 0 spiro atoms. The number of hydrogen-bond acceptors (Lipinski definition) is 5. The maximum Gasteiger partial charge on any atom is 0.232 e. The van der Waals surface area contributed by atoms with Crippen molar-refractivity contribution in [2.75, 3.05) is 11.9 Å². The van der Waals surface area contributed by atoms with Crippen LogP contribution in [-0.4, -0.2) is 27.6 Å². The molecule has 0 unspecified atom stereocenters. The summed E-state index contributed by atoms with van der Waals surface area (Å²) in [4.78, 5) is 12.6. The zero-order valence-corrected chi connectivity index (χ0v) is 14.0. The SMILES string of the molecule is C[C@@H](COc1ncccc1Cl)Nc1ncnc2ccccc12.Cl. The monoisotopic (exact) mass is 350 g/mol. The summed E-state index contributed by atoms with van der Waals surface area (Å²) in [7, 11) is 0. The largest absolute Gasteiger partial charge is 0.474 e. The fourth-order valence-electron chi connectivity index (χ4n) is 2.08. The van der Waals surface area contributed by atoms with E-state index in [9.17, 15) is 0 Å². The van der Waals surface area contributed by atoms with Gasteiger partial charge < -0.3 is 10.1 Å². The summed E-state index contributed by atoms with van der Waals surface area (Å²) in [6, 6.07) is 11.4. The van der Waals surface area contributed by atoms with Crippen molar-refractivity contribution >= 4 is 40.7 Å². The molecule has 0 saturated carbocycles. The molecule has 23 heavy (non-hydrogen) atoms. The first-order valence-electron chi connectivity index (χ1n) is 6.93. The Hall–Kier alpha value is -2.11. The van der Waals surface area contributed by atoms with E-state index in [1.165, 1.54) is 0 Å². The lowest BCUT2D eigenvalue weighted by Crippen LogP contribution is -2.24. The van der Waals surface area contributed by atoms with Gasteiger partial charge in [-0.15, -0.1) is 12.4 Å².